The van der Waals surface area contributed by atoms with Gasteiger partial charge in [-0.15, -0.1) is 11.8 Å². The summed E-state index contributed by atoms with van der Waals surface area (Å²) in [7, 11) is 0. The average molecular weight is 316 g/mol. The first kappa shape index (κ1) is 17.3. The van der Waals surface area contributed by atoms with Crippen LogP contribution in [0.5, 0.6) is 0 Å². The predicted molar refractivity (Wildman–Crippen MR) is 85.3 cm³/mol. The molecule has 0 aliphatic rings. The van der Waals surface area contributed by atoms with E-state index in [1.807, 2.05) is 38.1 Å². The Morgan fingerprint density at radius 1 is 1.30 bits per heavy atom. The number of carbonyl (C=O) groups is 1. The molecule has 0 aliphatic heterocycles. The van der Waals surface area contributed by atoms with Crippen LogP contribution < -0.4 is 5.32 Å². The third-order valence-corrected chi connectivity index (χ3v) is 4.92. The SMILES string of the molecule is CC(C)(O)C(C)(C)NC(=O)CCSc1ccccc1Cl. The van der Waals surface area contributed by atoms with E-state index in [9.17, 15) is 9.90 Å². The van der Waals surface area contributed by atoms with E-state index in [2.05, 4.69) is 5.32 Å². The zero-order valence-electron chi connectivity index (χ0n) is 12.4. The number of thioether (sulfide) groups is 1. The fraction of sp³-hybridized carbons (Fsp3) is 0.533. The Morgan fingerprint density at radius 2 is 1.90 bits per heavy atom. The minimum atomic E-state index is -0.974. The van der Waals surface area contributed by atoms with Gasteiger partial charge in [0.15, 0.2) is 0 Å². The third kappa shape index (κ3) is 5.00. The van der Waals surface area contributed by atoms with Crippen LogP contribution in [0.2, 0.25) is 5.02 Å². The van der Waals surface area contributed by atoms with Crippen molar-refractivity contribution >= 4 is 29.3 Å². The fourth-order valence-electron chi connectivity index (χ4n) is 1.38. The summed E-state index contributed by atoms with van der Waals surface area (Å²) in [6.07, 6.45) is 0.384. The fourth-order valence-corrected chi connectivity index (χ4v) is 2.57. The summed E-state index contributed by atoms with van der Waals surface area (Å²) in [5.74, 6) is 0.578. The molecule has 3 nitrogen and oxygen atoms in total. The Bertz CT molecular complexity index is 469. The number of halogens is 1. The standard InChI is InChI=1S/C15H22ClNO2S/c1-14(2,15(3,4)19)17-13(18)9-10-20-12-8-6-5-7-11(12)16/h5-8,19H,9-10H2,1-4H3,(H,17,18). The molecule has 2 N–H and O–H groups in total. The molecule has 0 bridgehead atoms. The molecule has 20 heavy (non-hydrogen) atoms. The number of carbonyl (C=O) groups excluding carboxylic acids is 1. The molecule has 0 radical (unpaired) electrons. The molecular weight excluding hydrogens is 294 g/mol. The summed E-state index contributed by atoms with van der Waals surface area (Å²) in [6, 6.07) is 7.57. The monoisotopic (exact) mass is 315 g/mol. The first-order valence-corrected chi connectivity index (χ1v) is 7.90. The van der Waals surface area contributed by atoms with E-state index in [4.69, 9.17) is 11.6 Å². The highest BCUT2D eigenvalue weighted by Gasteiger charge is 2.36. The van der Waals surface area contributed by atoms with Gasteiger partial charge in [0, 0.05) is 17.1 Å². The molecule has 0 heterocycles. The number of amides is 1. The van der Waals surface area contributed by atoms with Gasteiger partial charge in [-0.3, -0.25) is 4.79 Å². The quantitative estimate of drug-likeness (QED) is 0.790. The van der Waals surface area contributed by atoms with Crippen LogP contribution in [0.3, 0.4) is 0 Å². The summed E-state index contributed by atoms with van der Waals surface area (Å²) < 4.78 is 0. The summed E-state index contributed by atoms with van der Waals surface area (Å²) >= 11 is 7.61. The third-order valence-electron chi connectivity index (χ3n) is 3.40. The van der Waals surface area contributed by atoms with E-state index >= 15 is 0 Å². The smallest absolute Gasteiger partial charge is 0.221 e. The van der Waals surface area contributed by atoms with Crippen LogP contribution >= 0.6 is 23.4 Å². The zero-order valence-corrected chi connectivity index (χ0v) is 13.9. The summed E-state index contributed by atoms with van der Waals surface area (Å²) in [4.78, 5) is 12.9. The molecule has 0 spiro atoms. The minimum Gasteiger partial charge on any atom is -0.388 e. The highest BCUT2D eigenvalue weighted by molar-refractivity contribution is 7.99. The van der Waals surface area contributed by atoms with Gasteiger partial charge in [-0.25, -0.2) is 0 Å². The lowest BCUT2D eigenvalue weighted by atomic mass is 9.86. The second-order valence-electron chi connectivity index (χ2n) is 5.76. The van der Waals surface area contributed by atoms with Gasteiger partial charge in [0.05, 0.1) is 16.2 Å². The van der Waals surface area contributed by atoms with Crippen molar-refractivity contribution in [3.8, 4) is 0 Å². The molecule has 0 atom stereocenters. The lowest BCUT2D eigenvalue weighted by molar-refractivity contribution is -0.125. The van der Waals surface area contributed by atoms with Crippen molar-refractivity contribution in [3.05, 3.63) is 29.3 Å². The van der Waals surface area contributed by atoms with Crippen LogP contribution in [0.15, 0.2) is 29.2 Å². The minimum absolute atomic E-state index is 0.0725. The van der Waals surface area contributed by atoms with Crippen molar-refractivity contribution in [1.82, 2.24) is 5.32 Å². The molecule has 0 saturated heterocycles. The Hall–Kier alpha value is -0.710. The lowest BCUT2D eigenvalue weighted by Gasteiger charge is -2.38. The summed E-state index contributed by atoms with van der Waals surface area (Å²) in [6.45, 7) is 7.00. The molecule has 1 aromatic rings. The maximum absolute atomic E-state index is 11.9. The Kier molecular flexibility index (Phi) is 5.92. The van der Waals surface area contributed by atoms with Crippen LogP contribution in [-0.4, -0.2) is 27.9 Å². The first-order valence-electron chi connectivity index (χ1n) is 6.54. The van der Waals surface area contributed by atoms with E-state index in [0.29, 0.717) is 17.2 Å². The molecule has 0 unspecified atom stereocenters. The van der Waals surface area contributed by atoms with E-state index in [1.54, 1.807) is 25.6 Å². The van der Waals surface area contributed by atoms with E-state index in [-0.39, 0.29) is 5.91 Å². The van der Waals surface area contributed by atoms with Crippen molar-refractivity contribution in [2.24, 2.45) is 0 Å². The Balaban J connectivity index is 2.44. The number of hydrogen-bond donors (Lipinski definition) is 2. The molecule has 112 valence electrons. The van der Waals surface area contributed by atoms with E-state index in [0.717, 1.165) is 4.90 Å². The van der Waals surface area contributed by atoms with Crippen molar-refractivity contribution < 1.29 is 9.90 Å². The van der Waals surface area contributed by atoms with Crippen LogP contribution in [0, 0.1) is 0 Å². The van der Waals surface area contributed by atoms with Crippen LogP contribution in [-0.2, 0) is 4.79 Å². The second kappa shape index (κ2) is 6.83. The van der Waals surface area contributed by atoms with Gasteiger partial charge in [-0.1, -0.05) is 23.7 Å². The molecule has 1 aromatic carbocycles. The average Bonchev–Trinajstić information content (AvgIpc) is 2.29. The lowest BCUT2D eigenvalue weighted by Crippen LogP contribution is -2.57. The maximum Gasteiger partial charge on any atom is 0.221 e. The van der Waals surface area contributed by atoms with Gasteiger partial charge in [-0.05, 0) is 39.8 Å². The van der Waals surface area contributed by atoms with Crippen molar-refractivity contribution in [3.63, 3.8) is 0 Å². The van der Waals surface area contributed by atoms with Crippen molar-refractivity contribution in [1.29, 1.82) is 0 Å². The molecule has 0 fully saturated rings. The predicted octanol–water partition coefficient (Wildman–Crippen LogP) is 3.49. The highest BCUT2D eigenvalue weighted by Crippen LogP contribution is 2.27. The van der Waals surface area contributed by atoms with Gasteiger partial charge >= 0.3 is 0 Å². The maximum atomic E-state index is 11.9. The molecule has 0 aromatic heterocycles. The molecular formula is C15H22ClNO2S. The molecule has 0 aliphatic carbocycles. The Labute approximate surface area is 130 Å². The van der Waals surface area contributed by atoms with Gasteiger partial charge in [-0.2, -0.15) is 0 Å². The molecule has 1 amide bonds. The number of hydrogen-bond acceptors (Lipinski definition) is 3. The van der Waals surface area contributed by atoms with Gasteiger partial charge < -0.3 is 10.4 Å². The van der Waals surface area contributed by atoms with Crippen LogP contribution in [0.1, 0.15) is 34.1 Å². The van der Waals surface area contributed by atoms with Crippen molar-refractivity contribution in [2.45, 2.75) is 50.2 Å². The van der Waals surface area contributed by atoms with Gasteiger partial charge in [0.25, 0.3) is 0 Å². The molecule has 0 saturated carbocycles. The Morgan fingerprint density at radius 3 is 2.45 bits per heavy atom. The van der Waals surface area contributed by atoms with Gasteiger partial charge in [0.2, 0.25) is 5.91 Å². The van der Waals surface area contributed by atoms with Crippen molar-refractivity contribution in [2.75, 3.05) is 5.75 Å². The topological polar surface area (TPSA) is 49.3 Å². The highest BCUT2D eigenvalue weighted by atomic mass is 35.5. The number of rotatable bonds is 6. The largest absolute Gasteiger partial charge is 0.388 e. The summed E-state index contributed by atoms with van der Waals surface area (Å²) in [5, 5.41) is 13.6. The normalized spacial score (nSPS) is 12.3. The number of benzene rings is 1. The first-order chi connectivity index (χ1) is 9.13. The van der Waals surface area contributed by atoms with Crippen LogP contribution in [0.4, 0.5) is 0 Å². The molecule has 1 rings (SSSR count). The number of nitrogens with one attached hydrogen (secondary N) is 1. The zero-order chi connectivity index (χ0) is 15.4. The van der Waals surface area contributed by atoms with E-state index in [1.165, 1.54) is 0 Å². The summed E-state index contributed by atoms with van der Waals surface area (Å²) in [5.41, 5.74) is -1.64. The van der Waals surface area contributed by atoms with Gasteiger partial charge in [0.1, 0.15) is 0 Å². The second-order valence-corrected chi connectivity index (χ2v) is 7.31. The van der Waals surface area contributed by atoms with Crippen LogP contribution in [0.25, 0.3) is 0 Å². The number of aliphatic hydroxyl groups is 1. The molecule has 5 heteroatoms. The van der Waals surface area contributed by atoms with E-state index < -0.39 is 11.1 Å².